The number of rotatable bonds is 9. The predicted octanol–water partition coefficient (Wildman–Crippen LogP) is 8.18. The standard InChI is InChI=1S/C46H55N7O5/c1-25(2)27(5)43(54)52-23-46(16-7-17-58-24-46)21-38(52)41-47-22-35(49-41)29-10-8-28(9-11-29)30-12-14-33-31(18-30)13-15-34-40(33)50-42(48-34)37-20-32-19-36(32)53(37)44(55)39(26(3)4)51-45(56)57-6/h8-15,18,22,25-27,32,36-39H,7,16-17,19-21,23-24H2,1-6H3,(H,47,49)(H,48,50)(H,51,56)/t27-,32+,36+,37-,38-,39-,46-/m0/s1. The van der Waals surface area contributed by atoms with E-state index < -0.39 is 12.1 Å². The van der Waals surface area contributed by atoms with E-state index >= 15 is 0 Å². The van der Waals surface area contributed by atoms with Crippen molar-refractivity contribution in [1.29, 1.82) is 0 Å². The largest absolute Gasteiger partial charge is 0.453 e. The van der Waals surface area contributed by atoms with Crippen LogP contribution >= 0.6 is 0 Å². The van der Waals surface area contributed by atoms with Gasteiger partial charge in [-0.15, -0.1) is 0 Å². The van der Waals surface area contributed by atoms with Crippen molar-refractivity contribution in [2.24, 2.45) is 29.1 Å². The van der Waals surface area contributed by atoms with Gasteiger partial charge in [0.1, 0.15) is 17.7 Å². The lowest BCUT2D eigenvalue weighted by Crippen LogP contribution is -2.52. The van der Waals surface area contributed by atoms with Gasteiger partial charge in [-0.05, 0) is 84.1 Å². The molecule has 3 aromatic carbocycles. The number of methoxy groups -OCH3 is 1. The predicted molar refractivity (Wildman–Crippen MR) is 222 cm³/mol. The third-order valence-corrected chi connectivity index (χ3v) is 13.6. The number of nitrogens with one attached hydrogen (secondary N) is 3. The van der Waals surface area contributed by atoms with Gasteiger partial charge in [0.2, 0.25) is 11.8 Å². The van der Waals surface area contributed by atoms with E-state index in [1.165, 1.54) is 7.11 Å². The van der Waals surface area contributed by atoms with Crippen LogP contribution in [0.4, 0.5) is 4.79 Å². The summed E-state index contributed by atoms with van der Waals surface area (Å²) in [6.07, 6.45) is 6.08. The summed E-state index contributed by atoms with van der Waals surface area (Å²) in [6, 6.07) is 18.4. The number of fused-ring (bicyclic) bond motifs is 4. The number of carbonyl (C=O) groups is 3. The maximum atomic E-state index is 13.9. The summed E-state index contributed by atoms with van der Waals surface area (Å²) in [4.78, 5) is 61.0. The molecule has 1 spiro atoms. The van der Waals surface area contributed by atoms with Gasteiger partial charge in [-0.25, -0.2) is 14.8 Å². The van der Waals surface area contributed by atoms with Gasteiger partial charge >= 0.3 is 6.09 Å². The fraction of sp³-hybridized carbons (Fsp3) is 0.500. The van der Waals surface area contributed by atoms with Crippen LogP contribution in [-0.4, -0.2) is 86.6 Å². The van der Waals surface area contributed by atoms with E-state index in [-0.39, 0.29) is 53.1 Å². The van der Waals surface area contributed by atoms with Crippen LogP contribution < -0.4 is 5.32 Å². The second kappa shape index (κ2) is 14.9. The van der Waals surface area contributed by atoms with E-state index in [9.17, 15) is 14.4 Å². The fourth-order valence-electron chi connectivity index (χ4n) is 9.81. The minimum atomic E-state index is -0.674. The topological polar surface area (TPSA) is 146 Å². The third kappa shape index (κ3) is 6.82. The third-order valence-electron chi connectivity index (χ3n) is 13.6. The number of likely N-dealkylation sites (tertiary alicyclic amines) is 2. The summed E-state index contributed by atoms with van der Waals surface area (Å²) in [5.74, 6) is 2.29. The van der Waals surface area contributed by atoms with Crippen LogP contribution in [-0.2, 0) is 19.1 Å². The first-order valence-corrected chi connectivity index (χ1v) is 21.1. The number of H-pyrrole nitrogens is 2. The lowest BCUT2D eigenvalue weighted by molar-refractivity contribution is -0.138. The molecule has 2 aromatic heterocycles. The van der Waals surface area contributed by atoms with Gasteiger partial charge in [0.15, 0.2) is 0 Å². The molecule has 304 valence electrons. The minimum Gasteiger partial charge on any atom is -0.453 e. The normalized spacial score (nSPS) is 25.2. The number of nitrogens with zero attached hydrogens (tertiary/aromatic N) is 4. The molecule has 1 aliphatic carbocycles. The number of aromatic nitrogens is 4. The van der Waals surface area contributed by atoms with Gasteiger partial charge in [0.05, 0.1) is 48.7 Å². The SMILES string of the molecule is COC(=O)N[C@H](C(=O)N1[C@@H]2C[C@@H]2C[C@H]1c1nc2ccc3cc(-c4ccc(-c5cnc([C@@H]6C[C@@]7(CCCOC7)CN6C(=O)[C@@H](C)C(C)C)[nH]5)cc4)ccc3c2[nH]1)C(C)C. The van der Waals surface area contributed by atoms with E-state index in [2.05, 4.69) is 82.6 Å². The van der Waals surface area contributed by atoms with Crippen molar-refractivity contribution in [2.45, 2.75) is 90.9 Å². The van der Waals surface area contributed by atoms with Crippen LogP contribution in [0.3, 0.4) is 0 Å². The van der Waals surface area contributed by atoms with Crippen LogP contribution in [0.5, 0.6) is 0 Å². The maximum Gasteiger partial charge on any atom is 0.407 e. The molecule has 4 aliphatic rings. The van der Waals surface area contributed by atoms with Crippen molar-refractivity contribution in [2.75, 3.05) is 26.9 Å². The minimum absolute atomic E-state index is 0.0179. The zero-order chi connectivity index (χ0) is 40.5. The molecule has 0 unspecified atom stereocenters. The molecule has 5 heterocycles. The molecule has 7 atom stereocenters. The van der Waals surface area contributed by atoms with Crippen LogP contribution in [0.25, 0.3) is 44.2 Å². The fourth-order valence-corrected chi connectivity index (χ4v) is 9.81. The summed E-state index contributed by atoms with van der Waals surface area (Å²) in [5.41, 5.74) is 5.97. The van der Waals surface area contributed by atoms with E-state index in [1.807, 2.05) is 37.9 Å². The summed E-state index contributed by atoms with van der Waals surface area (Å²) in [6.45, 7) is 12.3. The second-order valence-electron chi connectivity index (χ2n) is 18.1. The molecule has 5 aromatic rings. The highest BCUT2D eigenvalue weighted by molar-refractivity contribution is 6.05. The van der Waals surface area contributed by atoms with Gasteiger partial charge in [-0.1, -0.05) is 77.1 Å². The van der Waals surface area contributed by atoms with E-state index in [0.717, 1.165) is 94.5 Å². The molecule has 3 saturated heterocycles. The zero-order valence-electron chi connectivity index (χ0n) is 34.4. The molecule has 0 radical (unpaired) electrons. The van der Waals surface area contributed by atoms with Gasteiger partial charge in [0.25, 0.3) is 0 Å². The number of amides is 3. The maximum absolute atomic E-state index is 13.9. The summed E-state index contributed by atoms with van der Waals surface area (Å²) in [5, 5.41) is 4.92. The molecule has 3 aliphatic heterocycles. The Bertz CT molecular complexity index is 2360. The summed E-state index contributed by atoms with van der Waals surface area (Å²) in [7, 11) is 1.31. The molecular weight excluding hydrogens is 731 g/mol. The van der Waals surface area contributed by atoms with Gasteiger partial charge in [0, 0.05) is 35.9 Å². The summed E-state index contributed by atoms with van der Waals surface area (Å²) >= 11 is 0. The van der Waals surface area contributed by atoms with Crippen molar-refractivity contribution in [3.05, 3.63) is 72.4 Å². The Labute approximate surface area is 339 Å². The highest BCUT2D eigenvalue weighted by Crippen LogP contribution is 2.54. The number of hydrogen-bond acceptors (Lipinski definition) is 7. The summed E-state index contributed by atoms with van der Waals surface area (Å²) < 4.78 is 10.8. The Morgan fingerprint density at radius 2 is 1.67 bits per heavy atom. The number of benzene rings is 3. The molecular formula is C46H55N7O5. The van der Waals surface area contributed by atoms with Crippen LogP contribution in [0, 0.1) is 29.1 Å². The van der Waals surface area contributed by atoms with Crippen molar-refractivity contribution < 1.29 is 23.9 Å². The first-order valence-electron chi connectivity index (χ1n) is 21.1. The van der Waals surface area contributed by atoms with Crippen molar-refractivity contribution >= 4 is 39.7 Å². The molecule has 3 N–H and O–H groups in total. The Balaban J connectivity index is 0.938. The number of hydrogen-bond donors (Lipinski definition) is 3. The highest BCUT2D eigenvalue weighted by atomic mass is 16.5. The Hall–Kier alpha value is -5.23. The number of piperidine rings is 1. The average molecular weight is 786 g/mol. The Kier molecular flexibility index (Phi) is 9.81. The van der Waals surface area contributed by atoms with Crippen molar-refractivity contribution in [3.8, 4) is 22.4 Å². The smallest absolute Gasteiger partial charge is 0.407 e. The number of imidazole rings is 2. The molecule has 1 saturated carbocycles. The number of alkyl carbamates (subject to hydrolysis) is 1. The number of carbonyl (C=O) groups excluding carboxylic acids is 3. The van der Waals surface area contributed by atoms with E-state index in [0.29, 0.717) is 19.1 Å². The number of ether oxygens (including phenoxy) is 2. The average Bonchev–Trinajstić information content (AvgIpc) is 3.66. The van der Waals surface area contributed by atoms with Crippen molar-refractivity contribution in [3.63, 3.8) is 0 Å². The molecule has 3 amide bonds. The second-order valence-corrected chi connectivity index (χ2v) is 18.1. The zero-order valence-corrected chi connectivity index (χ0v) is 34.4. The molecule has 58 heavy (non-hydrogen) atoms. The first kappa shape index (κ1) is 38.3. The Morgan fingerprint density at radius 3 is 2.40 bits per heavy atom. The van der Waals surface area contributed by atoms with Gasteiger partial charge < -0.3 is 34.6 Å². The van der Waals surface area contributed by atoms with E-state index in [4.69, 9.17) is 19.4 Å². The van der Waals surface area contributed by atoms with Crippen molar-refractivity contribution in [1.82, 2.24) is 35.1 Å². The molecule has 12 nitrogen and oxygen atoms in total. The quantitative estimate of drug-likeness (QED) is 0.137. The highest BCUT2D eigenvalue weighted by Gasteiger charge is 2.56. The molecule has 12 heteroatoms. The molecule has 0 bridgehead atoms. The van der Waals surface area contributed by atoms with Crippen LogP contribution in [0.1, 0.15) is 90.5 Å². The van der Waals surface area contributed by atoms with Crippen LogP contribution in [0.2, 0.25) is 0 Å². The molecule has 9 rings (SSSR count). The molecule has 4 fully saturated rings. The first-order chi connectivity index (χ1) is 27.9. The van der Waals surface area contributed by atoms with E-state index in [1.54, 1.807) is 0 Å². The lowest BCUT2D eigenvalue weighted by Gasteiger charge is -2.33. The monoisotopic (exact) mass is 785 g/mol. The number of aromatic amines is 2. The van der Waals surface area contributed by atoms with Gasteiger partial charge in [-0.3, -0.25) is 9.59 Å². The lowest BCUT2D eigenvalue weighted by atomic mass is 9.80. The van der Waals surface area contributed by atoms with Gasteiger partial charge in [-0.2, -0.15) is 0 Å². The Morgan fingerprint density at radius 1 is 0.897 bits per heavy atom. The van der Waals surface area contributed by atoms with Crippen LogP contribution in [0.15, 0.2) is 60.8 Å².